The van der Waals surface area contributed by atoms with Crippen molar-refractivity contribution < 1.29 is 19.0 Å². The number of hydrogen-bond donors (Lipinski definition) is 0. The van der Waals surface area contributed by atoms with E-state index in [0.29, 0.717) is 47.7 Å². The fourth-order valence-electron chi connectivity index (χ4n) is 3.90. The van der Waals surface area contributed by atoms with Crippen LogP contribution in [0, 0.1) is 0 Å². The van der Waals surface area contributed by atoms with Gasteiger partial charge in [-0.1, -0.05) is 46.7 Å². The lowest BCUT2D eigenvalue weighted by Gasteiger charge is -2.22. The van der Waals surface area contributed by atoms with Crippen LogP contribution in [0.3, 0.4) is 0 Å². The van der Waals surface area contributed by atoms with Gasteiger partial charge in [-0.3, -0.25) is 9.36 Å². The van der Waals surface area contributed by atoms with E-state index in [1.165, 1.54) is 15.9 Å². The van der Waals surface area contributed by atoms with Crippen LogP contribution in [-0.4, -0.2) is 23.9 Å². The molecule has 0 radical (unpaired) electrons. The summed E-state index contributed by atoms with van der Waals surface area (Å²) in [6.07, 6.45) is 1.69. The number of ether oxygens (including phenoxy) is 3. The number of benzene rings is 2. The van der Waals surface area contributed by atoms with Gasteiger partial charge in [-0.25, -0.2) is 9.79 Å². The summed E-state index contributed by atoms with van der Waals surface area (Å²) >= 11 is 13.5. The number of nitrogens with zero attached hydrogens (tertiary/aromatic N) is 2. The third-order valence-electron chi connectivity index (χ3n) is 5.50. The fraction of sp³-hybridized carbons (Fsp3) is 0.208. The summed E-state index contributed by atoms with van der Waals surface area (Å²) in [5, 5.41) is 0.932. The molecule has 2 aliphatic rings. The maximum absolute atomic E-state index is 13.3. The highest BCUT2D eigenvalue weighted by Crippen LogP contribution is 2.39. The number of hydrogen-bond acceptors (Lipinski definition) is 7. The molecule has 3 aromatic rings. The number of esters is 1. The summed E-state index contributed by atoms with van der Waals surface area (Å²) in [7, 11) is 0. The fourth-order valence-corrected chi connectivity index (χ4v) is 5.39. The lowest BCUT2D eigenvalue weighted by atomic mass is 9.96. The normalized spacial score (nSPS) is 16.9. The van der Waals surface area contributed by atoms with Crippen molar-refractivity contribution in [3.8, 4) is 11.5 Å². The minimum Gasteiger partial charge on any atom is -0.463 e. The van der Waals surface area contributed by atoms with E-state index in [4.69, 9.17) is 42.4 Å². The molecule has 2 aromatic carbocycles. The van der Waals surface area contributed by atoms with Gasteiger partial charge in [-0.15, -0.1) is 0 Å². The molecule has 5 rings (SSSR count). The van der Waals surface area contributed by atoms with Crippen molar-refractivity contribution in [2.45, 2.75) is 19.9 Å². The second-order valence-corrected chi connectivity index (χ2v) is 9.42. The Morgan fingerprint density at radius 3 is 2.79 bits per heavy atom. The molecule has 34 heavy (non-hydrogen) atoms. The molecule has 174 valence electrons. The van der Waals surface area contributed by atoms with Crippen LogP contribution in [0.15, 0.2) is 51.8 Å². The van der Waals surface area contributed by atoms with Crippen molar-refractivity contribution in [1.82, 2.24) is 4.57 Å². The third kappa shape index (κ3) is 3.91. The third-order valence-corrected chi connectivity index (χ3v) is 7.05. The quantitative estimate of drug-likeness (QED) is 0.490. The molecule has 10 heteroatoms. The SMILES string of the molecule is CCOC(=O)C1=C(C)n2c(s/c(=C\c3ccc(Cl)cc3Cl)c2=O)=N[C@H]1c1ccc2c(c1)OCO2. The Hall–Kier alpha value is -3.07. The van der Waals surface area contributed by atoms with Gasteiger partial charge in [0.2, 0.25) is 6.79 Å². The smallest absolute Gasteiger partial charge is 0.338 e. The lowest BCUT2D eigenvalue weighted by molar-refractivity contribution is -0.138. The molecule has 0 N–H and O–H groups in total. The molecular weight excluding hydrogens is 499 g/mol. The number of rotatable bonds is 4. The van der Waals surface area contributed by atoms with Gasteiger partial charge in [0.05, 0.1) is 16.7 Å². The predicted molar refractivity (Wildman–Crippen MR) is 130 cm³/mol. The Labute approximate surface area is 208 Å². The highest BCUT2D eigenvalue weighted by atomic mass is 35.5. The number of carbonyl (C=O) groups excluding carboxylic acids is 1. The number of thiazole rings is 1. The summed E-state index contributed by atoms with van der Waals surface area (Å²) in [5.74, 6) is 0.679. The van der Waals surface area contributed by atoms with Crippen LogP contribution in [0.25, 0.3) is 11.8 Å². The average Bonchev–Trinajstić information content (AvgIpc) is 3.39. The van der Waals surface area contributed by atoms with Gasteiger partial charge in [0.1, 0.15) is 6.04 Å². The molecule has 0 fully saturated rings. The van der Waals surface area contributed by atoms with Crippen molar-refractivity contribution in [1.29, 1.82) is 0 Å². The zero-order chi connectivity index (χ0) is 24.0. The molecule has 0 saturated carbocycles. The van der Waals surface area contributed by atoms with E-state index in [-0.39, 0.29) is 19.0 Å². The first-order chi connectivity index (χ1) is 16.4. The highest BCUT2D eigenvalue weighted by molar-refractivity contribution is 7.07. The van der Waals surface area contributed by atoms with E-state index >= 15 is 0 Å². The molecule has 0 amide bonds. The van der Waals surface area contributed by atoms with E-state index in [1.54, 1.807) is 50.3 Å². The summed E-state index contributed by atoms with van der Waals surface area (Å²) in [6.45, 7) is 3.78. The van der Waals surface area contributed by atoms with E-state index < -0.39 is 12.0 Å². The van der Waals surface area contributed by atoms with Gasteiger partial charge >= 0.3 is 5.97 Å². The van der Waals surface area contributed by atoms with Gasteiger partial charge < -0.3 is 14.2 Å². The zero-order valence-corrected chi connectivity index (χ0v) is 20.5. The molecule has 0 aliphatic carbocycles. The van der Waals surface area contributed by atoms with Gasteiger partial charge in [0, 0.05) is 15.7 Å². The van der Waals surface area contributed by atoms with Crippen molar-refractivity contribution >= 4 is 52.3 Å². The molecule has 0 spiro atoms. The van der Waals surface area contributed by atoms with Crippen molar-refractivity contribution in [2.75, 3.05) is 13.4 Å². The second kappa shape index (κ2) is 8.94. The summed E-state index contributed by atoms with van der Waals surface area (Å²) in [6, 6.07) is 9.80. The Bertz CT molecular complexity index is 1540. The Morgan fingerprint density at radius 2 is 2.03 bits per heavy atom. The first-order valence-corrected chi connectivity index (χ1v) is 12.0. The Morgan fingerprint density at radius 1 is 1.24 bits per heavy atom. The van der Waals surface area contributed by atoms with Crippen LogP contribution >= 0.6 is 34.5 Å². The monoisotopic (exact) mass is 516 g/mol. The van der Waals surface area contributed by atoms with Crippen LogP contribution in [0.2, 0.25) is 10.0 Å². The van der Waals surface area contributed by atoms with Crippen LogP contribution in [-0.2, 0) is 9.53 Å². The largest absolute Gasteiger partial charge is 0.463 e. The lowest BCUT2D eigenvalue weighted by Crippen LogP contribution is -2.35. The molecule has 0 saturated heterocycles. The number of carbonyl (C=O) groups is 1. The standard InChI is InChI=1S/C24H18Cl2N2O5S/c1-3-31-23(30)20-12(2)28-22(29)19(9-13-4-6-15(25)10-16(13)26)34-24(28)27-21(20)14-5-7-17-18(8-14)33-11-32-17/h4-10,21H,3,11H2,1-2H3/b19-9-/t21-/m0/s1. The van der Waals surface area contributed by atoms with Crippen LogP contribution < -0.4 is 24.4 Å². The summed E-state index contributed by atoms with van der Waals surface area (Å²) in [4.78, 5) is 31.6. The Balaban J connectivity index is 1.71. The molecule has 2 aliphatic heterocycles. The molecule has 7 nitrogen and oxygen atoms in total. The van der Waals surface area contributed by atoms with Gasteiger partial charge in [-0.05, 0) is 55.3 Å². The van der Waals surface area contributed by atoms with Crippen molar-refractivity contribution in [3.05, 3.63) is 82.8 Å². The summed E-state index contributed by atoms with van der Waals surface area (Å²) in [5.41, 5.74) is 1.85. The van der Waals surface area contributed by atoms with Crippen LogP contribution in [0.1, 0.15) is 31.0 Å². The van der Waals surface area contributed by atoms with E-state index in [2.05, 4.69) is 0 Å². The van der Waals surface area contributed by atoms with Crippen LogP contribution in [0.4, 0.5) is 0 Å². The minimum absolute atomic E-state index is 0.136. The van der Waals surface area contributed by atoms with Gasteiger partial charge in [0.25, 0.3) is 5.56 Å². The predicted octanol–water partition coefficient (Wildman–Crippen LogP) is 3.94. The van der Waals surface area contributed by atoms with Crippen LogP contribution in [0.5, 0.6) is 11.5 Å². The molecular formula is C24H18Cl2N2O5S. The van der Waals surface area contributed by atoms with Crippen molar-refractivity contribution in [2.24, 2.45) is 4.99 Å². The minimum atomic E-state index is -0.668. The Kier molecular flexibility index (Phi) is 5.97. The van der Waals surface area contributed by atoms with E-state index in [9.17, 15) is 9.59 Å². The second-order valence-electron chi connectivity index (χ2n) is 7.56. The molecule has 1 atom stereocenters. The van der Waals surface area contributed by atoms with Crippen molar-refractivity contribution in [3.63, 3.8) is 0 Å². The first-order valence-electron chi connectivity index (χ1n) is 10.4. The summed E-state index contributed by atoms with van der Waals surface area (Å²) < 4.78 is 18.1. The average molecular weight is 517 g/mol. The highest BCUT2D eigenvalue weighted by Gasteiger charge is 2.32. The van der Waals surface area contributed by atoms with Gasteiger partial charge in [0.15, 0.2) is 16.3 Å². The molecule has 3 heterocycles. The zero-order valence-electron chi connectivity index (χ0n) is 18.1. The molecule has 1 aromatic heterocycles. The van der Waals surface area contributed by atoms with E-state index in [0.717, 1.165) is 5.56 Å². The van der Waals surface area contributed by atoms with E-state index in [1.807, 2.05) is 6.07 Å². The molecule has 0 bridgehead atoms. The number of aromatic nitrogens is 1. The molecule has 0 unspecified atom stereocenters. The first kappa shape index (κ1) is 22.7. The number of halogens is 2. The number of allylic oxidation sites excluding steroid dienone is 1. The van der Waals surface area contributed by atoms with Gasteiger partial charge in [-0.2, -0.15) is 0 Å². The maximum atomic E-state index is 13.3. The number of fused-ring (bicyclic) bond motifs is 2. The topological polar surface area (TPSA) is 79.1 Å². The maximum Gasteiger partial charge on any atom is 0.338 e.